The summed E-state index contributed by atoms with van der Waals surface area (Å²) in [5.74, 6) is -0.976. The van der Waals surface area contributed by atoms with Crippen molar-refractivity contribution in [1.29, 1.82) is 0 Å². The zero-order chi connectivity index (χ0) is 15.0. The van der Waals surface area contributed by atoms with Crippen molar-refractivity contribution in [2.24, 2.45) is 0 Å². The Morgan fingerprint density at radius 3 is 2.65 bits per heavy atom. The van der Waals surface area contributed by atoms with E-state index in [0.717, 1.165) is 12.8 Å². The number of rotatable bonds is 8. The van der Waals surface area contributed by atoms with Gasteiger partial charge in [0.15, 0.2) is 0 Å². The molecule has 0 bridgehead atoms. The van der Waals surface area contributed by atoms with Crippen molar-refractivity contribution in [2.75, 3.05) is 7.11 Å². The Morgan fingerprint density at radius 2 is 2.05 bits per heavy atom. The summed E-state index contributed by atoms with van der Waals surface area (Å²) in [4.78, 5) is 11.2. The number of carbonyl (C=O) groups is 1. The molecule has 4 nitrogen and oxygen atoms in total. The van der Waals surface area contributed by atoms with Crippen LogP contribution in [0.2, 0.25) is 0 Å². The van der Waals surface area contributed by atoms with E-state index in [9.17, 15) is 9.90 Å². The first-order valence-corrected chi connectivity index (χ1v) is 6.91. The number of benzene rings is 1. The van der Waals surface area contributed by atoms with Crippen molar-refractivity contribution in [2.45, 2.75) is 39.0 Å². The van der Waals surface area contributed by atoms with Crippen molar-refractivity contribution in [3.63, 3.8) is 0 Å². The van der Waals surface area contributed by atoms with Crippen LogP contribution in [0.1, 0.15) is 54.9 Å². The summed E-state index contributed by atoms with van der Waals surface area (Å²) in [6, 6.07) is 2.92. The minimum Gasteiger partial charge on any atom is -0.507 e. The molecule has 0 fully saturated rings. The summed E-state index contributed by atoms with van der Waals surface area (Å²) in [7, 11) is 1.48. The zero-order valence-corrected chi connectivity index (χ0v) is 12.1. The second kappa shape index (κ2) is 8.25. The third kappa shape index (κ3) is 4.61. The van der Waals surface area contributed by atoms with Crippen molar-refractivity contribution < 1.29 is 19.7 Å². The fourth-order valence-electron chi connectivity index (χ4n) is 2.00. The molecular weight excluding hydrogens is 256 g/mol. The van der Waals surface area contributed by atoms with Gasteiger partial charge in [0, 0.05) is 6.07 Å². The molecule has 2 N–H and O–H groups in total. The third-order valence-corrected chi connectivity index (χ3v) is 3.09. The van der Waals surface area contributed by atoms with Crippen LogP contribution in [0.15, 0.2) is 18.2 Å². The van der Waals surface area contributed by atoms with E-state index in [-0.39, 0.29) is 11.3 Å². The predicted octanol–water partition coefficient (Wildman–Crippen LogP) is 4.08. The van der Waals surface area contributed by atoms with Gasteiger partial charge in [0.05, 0.1) is 7.11 Å². The van der Waals surface area contributed by atoms with Crippen LogP contribution in [-0.4, -0.2) is 23.3 Å². The number of ether oxygens (including phenoxy) is 1. The maximum Gasteiger partial charge on any atom is 0.340 e. The van der Waals surface area contributed by atoms with E-state index in [0.29, 0.717) is 11.3 Å². The first kappa shape index (κ1) is 16.1. The van der Waals surface area contributed by atoms with E-state index in [2.05, 4.69) is 6.92 Å². The minimum absolute atomic E-state index is 0.0874. The molecule has 0 aliphatic rings. The summed E-state index contributed by atoms with van der Waals surface area (Å²) in [6.45, 7) is 2.16. The number of carboxylic acids is 1. The van der Waals surface area contributed by atoms with E-state index in [1.165, 1.54) is 32.4 Å². The highest BCUT2D eigenvalue weighted by Crippen LogP contribution is 2.29. The molecular formula is C16H22O4. The lowest BCUT2D eigenvalue weighted by Gasteiger charge is -2.07. The second-order valence-corrected chi connectivity index (χ2v) is 4.67. The number of hydrogen-bond acceptors (Lipinski definition) is 3. The second-order valence-electron chi connectivity index (χ2n) is 4.67. The Balaban J connectivity index is 2.83. The molecule has 0 aromatic heterocycles. The number of phenols is 1. The molecule has 110 valence electrons. The molecule has 0 saturated heterocycles. The summed E-state index contributed by atoms with van der Waals surface area (Å²) < 4.78 is 5.04. The molecule has 0 spiro atoms. The molecule has 0 unspecified atom stereocenters. The number of aromatic hydroxyl groups is 1. The lowest BCUT2D eigenvalue weighted by atomic mass is 10.0. The summed E-state index contributed by atoms with van der Waals surface area (Å²) in [5, 5.41) is 18.9. The quantitative estimate of drug-likeness (QED) is 0.703. The number of hydrogen-bond donors (Lipinski definition) is 2. The van der Waals surface area contributed by atoms with E-state index in [1.54, 1.807) is 12.1 Å². The van der Waals surface area contributed by atoms with Crippen molar-refractivity contribution in [3.05, 3.63) is 29.3 Å². The fourth-order valence-corrected chi connectivity index (χ4v) is 2.00. The average Bonchev–Trinajstić information content (AvgIpc) is 2.41. The lowest BCUT2D eigenvalue weighted by molar-refractivity contribution is 0.0693. The summed E-state index contributed by atoms with van der Waals surface area (Å²) >= 11 is 0. The Bertz CT molecular complexity index is 478. The molecule has 1 rings (SSSR count). The number of carboxylic acid groups (broad SMARTS) is 1. The molecule has 0 atom stereocenters. The van der Waals surface area contributed by atoms with Gasteiger partial charge in [0.2, 0.25) is 0 Å². The van der Waals surface area contributed by atoms with Crippen LogP contribution >= 0.6 is 0 Å². The maximum atomic E-state index is 11.2. The van der Waals surface area contributed by atoms with Crippen molar-refractivity contribution in [3.8, 4) is 11.5 Å². The Labute approximate surface area is 119 Å². The van der Waals surface area contributed by atoms with Gasteiger partial charge in [-0.1, -0.05) is 38.3 Å². The molecule has 1 aromatic rings. The van der Waals surface area contributed by atoms with E-state index < -0.39 is 5.97 Å². The van der Waals surface area contributed by atoms with Crippen LogP contribution in [-0.2, 0) is 0 Å². The van der Waals surface area contributed by atoms with Gasteiger partial charge in [-0.3, -0.25) is 0 Å². The third-order valence-electron chi connectivity index (χ3n) is 3.09. The van der Waals surface area contributed by atoms with Crippen molar-refractivity contribution in [1.82, 2.24) is 0 Å². The smallest absolute Gasteiger partial charge is 0.340 e. The van der Waals surface area contributed by atoms with Gasteiger partial charge in [-0.2, -0.15) is 0 Å². The van der Waals surface area contributed by atoms with E-state index in [1.807, 2.05) is 6.08 Å². The van der Waals surface area contributed by atoms with Gasteiger partial charge in [-0.15, -0.1) is 0 Å². The van der Waals surface area contributed by atoms with E-state index in [4.69, 9.17) is 9.84 Å². The maximum absolute atomic E-state index is 11.2. The SMILES string of the molecule is CCCCCCC=Cc1cc(OC)cc(O)c1C(=O)O. The first-order chi connectivity index (χ1) is 9.60. The van der Waals surface area contributed by atoms with Crippen LogP contribution in [0.25, 0.3) is 6.08 Å². The Hall–Kier alpha value is -1.97. The number of unbranched alkanes of at least 4 members (excludes halogenated alkanes) is 4. The standard InChI is InChI=1S/C16H22O4/c1-3-4-5-6-7-8-9-12-10-13(20-2)11-14(17)15(12)16(18)19/h8-11,17H,3-7H2,1-2H3,(H,18,19). The molecule has 0 aliphatic carbocycles. The highest BCUT2D eigenvalue weighted by molar-refractivity contribution is 5.95. The summed E-state index contributed by atoms with van der Waals surface area (Å²) in [5.41, 5.74) is 0.375. The molecule has 1 aromatic carbocycles. The lowest BCUT2D eigenvalue weighted by Crippen LogP contribution is -2.01. The monoisotopic (exact) mass is 278 g/mol. The van der Waals surface area contributed by atoms with Gasteiger partial charge in [-0.25, -0.2) is 4.79 Å². The molecule has 0 heterocycles. The first-order valence-electron chi connectivity index (χ1n) is 6.91. The fraction of sp³-hybridized carbons (Fsp3) is 0.438. The van der Waals surface area contributed by atoms with Crippen LogP contribution in [0.4, 0.5) is 0 Å². The Kier molecular flexibility index (Phi) is 6.64. The molecule has 0 amide bonds. The van der Waals surface area contributed by atoms with Gasteiger partial charge >= 0.3 is 5.97 Å². The minimum atomic E-state index is -1.14. The molecule has 20 heavy (non-hydrogen) atoms. The number of allylic oxidation sites excluding steroid dienone is 1. The number of methoxy groups -OCH3 is 1. The topological polar surface area (TPSA) is 66.8 Å². The predicted molar refractivity (Wildman–Crippen MR) is 79.4 cm³/mol. The van der Waals surface area contributed by atoms with Gasteiger partial charge in [0.25, 0.3) is 0 Å². The van der Waals surface area contributed by atoms with Crippen LogP contribution in [0, 0.1) is 0 Å². The normalized spacial score (nSPS) is 10.9. The molecule has 4 heteroatoms. The molecule has 0 radical (unpaired) electrons. The average molecular weight is 278 g/mol. The zero-order valence-electron chi connectivity index (χ0n) is 12.1. The van der Waals surface area contributed by atoms with Crippen LogP contribution in [0.3, 0.4) is 0 Å². The molecule has 0 aliphatic heterocycles. The summed E-state index contributed by atoms with van der Waals surface area (Å²) in [6.07, 6.45) is 9.24. The Morgan fingerprint density at radius 1 is 1.30 bits per heavy atom. The van der Waals surface area contributed by atoms with Gasteiger partial charge < -0.3 is 14.9 Å². The molecule has 0 saturated carbocycles. The number of aromatic carboxylic acids is 1. The van der Waals surface area contributed by atoms with Crippen molar-refractivity contribution >= 4 is 12.0 Å². The largest absolute Gasteiger partial charge is 0.507 e. The van der Waals surface area contributed by atoms with Gasteiger partial charge in [0.1, 0.15) is 17.1 Å². The van der Waals surface area contributed by atoms with Crippen LogP contribution in [0.5, 0.6) is 11.5 Å². The van der Waals surface area contributed by atoms with Crippen LogP contribution < -0.4 is 4.74 Å². The highest BCUT2D eigenvalue weighted by atomic mass is 16.5. The van der Waals surface area contributed by atoms with E-state index >= 15 is 0 Å². The highest BCUT2D eigenvalue weighted by Gasteiger charge is 2.15. The van der Waals surface area contributed by atoms with Gasteiger partial charge in [-0.05, 0) is 24.5 Å².